The first-order valence-electron chi connectivity index (χ1n) is 6.64. The van der Waals surface area contributed by atoms with Crippen molar-refractivity contribution in [1.29, 1.82) is 0 Å². The van der Waals surface area contributed by atoms with Crippen LogP contribution in [0.1, 0.15) is 30.5 Å². The molecule has 0 unspecified atom stereocenters. The second-order valence-electron chi connectivity index (χ2n) is 6.09. The third-order valence-electron chi connectivity index (χ3n) is 3.24. The van der Waals surface area contributed by atoms with Crippen LogP contribution in [0.3, 0.4) is 0 Å². The van der Waals surface area contributed by atoms with E-state index < -0.39 is 0 Å². The number of rotatable bonds is 3. The molecule has 0 saturated heterocycles. The van der Waals surface area contributed by atoms with Gasteiger partial charge >= 0.3 is 0 Å². The molecule has 0 fully saturated rings. The number of benzene rings is 1. The third-order valence-corrected chi connectivity index (χ3v) is 3.24. The van der Waals surface area contributed by atoms with Gasteiger partial charge in [0.15, 0.2) is 0 Å². The highest BCUT2D eigenvalue weighted by molar-refractivity contribution is 6.28. The van der Waals surface area contributed by atoms with Crippen molar-refractivity contribution in [3.8, 4) is 0 Å². The fraction of sp³-hybridized carbons (Fsp3) is 0.375. The van der Waals surface area contributed by atoms with E-state index in [2.05, 4.69) is 0 Å². The second-order valence-corrected chi connectivity index (χ2v) is 6.09. The molecule has 1 aliphatic rings. The van der Waals surface area contributed by atoms with E-state index in [0.29, 0.717) is 5.69 Å². The van der Waals surface area contributed by atoms with Gasteiger partial charge in [0.1, 0.15) is 0 Å². The fourth-order valence-corrected chi connectivity index (χ4v) is 2.65. The van der Waals surface area contributed by atoms with Crippen LogP contribution in [-0.4, -0.2) is 19.7 Å². The van der Waals surface area contributed by atoms with Crippen LogP contribution >= 0.6 is 0 Å². The Labute approximate surface area is 121 Å². The molecule has 1 aromatic rings. The largest absolute Gasteiger partial charge is 0.269 e. The summed E-state index contributed by atoms with van der Waals surface area (Å²) in [7, 11) is 6.04. The van der Waals surface area contributed by atoms with Crippen LogP contribution in [0, 0.1) is 13.8 Å². The number of nitrogens with zero attached hydrogens (tertiary/aromatic N) is 1. The van der Waals surface area contributed by atoms with Crippen molar-refractivity contribution in [2.75, 3.05) is 4.90 Å². The second kappa shape index (κ2) is 4.93. The molecule has 4 heteroatoms. The van der Waals surface area contributed by atoms with Crippen molar-refractivity contribution >= 4 is 25.3 Å². The molecule has 2 rings (SSSR count). The summed E-state index contributed by atoms with van der Waals surface area (Å²) in [5.41, 5.74) is 3.62. The molecule has 2 radical (unpaired) electrons. The molecule has 1 heterocycles. The van der Waals surface area contributed by atoms with Gasteiger partial charge in [-0.25, -0.2) is 4.90 Å². The Bertz CT molecular complexity index is 570. The lowest BCUT2D eigenvalue weighted by atomic mass is 9.68. The number of imide groups is 1. The van der Waals surface area contributed by atoms with Crippen LogP contribution in [0.5, 0.6) is 0 Å². The van der Waals surface area contributed by atoms with Crippen LogP contribution in [0.25, 0.3) is 0 Å². The molecule has 0 aliphatic carbocycles. The highest BCUT2D eigenvalue weighted by atomic mass is 16.2. The van der Waals surface area contributed by atoms with Crippen molar-refractivity contribution in [3.05, 3.63) is 41.0 Å². The standard InChI is InChI=1S/C16H18BNO2/c1-10-7-12(9-16(3,4)17)8-11(2)15(10)18-13(19)5-6-14(18)20/h5-8H,9H2,1-4H3. The van der Waals surface area contributed by atoms with Crippen LogP contribution in [0.2, 0.25) is 5.31 Å². The molecule has 0 bridgehead atoms. The predicted molar refractivity (Wildman–Crippen MR) is 81.0 cm³/mol. The number of amides is 2. The summed E-state index contributed by atoms with van der Waals surface area (Å²) in [6.45, 7) is 7.77. The number of aryl methyl sites for hydroxylation is 2. The summed E-state index contributed by atoms with van der Waals surface area (Å²) >= 11 is 0. The Morgan fingerprint density at radius 1 is 1.05 bits per heavy atom. The third kappa shape index (κ3) is 2.84. The molecular formula is C16H18BNO2. The summed E-state index contributed by atoms with van der Waals surface area (Å²) in [5, 5.41) is -0.290. The zero-order valence-corrected chi connectivity index (χ0v) is 12.4. The zero-order valence-electron chi connectivity index (χ0n) is 12.4. The van der Waals surface area contributed by atoms with E-state index in [4.69, 9.17) is 7.85 Å². The average molecular weight is 267 g/mol. The molecule has 1 aromatic carbocycles. The van der Waals surface area contributed by atoms with Crippen molar-refractivity contribution in [1.82, 2.24) is 0 Å². The van der Waals surface area contributed by atoms with Gasteiger partial charge in [-0.1, -0.05) is 31.3 Å². The number of carbonyl (C=O) groups is 2. The van der Waals surface area contributed by atoms with E-state index in [1.807, 2.05) is 39.8 Å². The maximum absolute atomic E-state index is 11.8. The van der Waals surface area contributed by atoms with Crippen LogP contribution < -0.4 is 4.90 Å². The van der Waals surface area contributed by atoms with Crippen molar-refractivity contribution < 1.29 is 9.59 Å². The Kier molecular flexibility index (Phi) is 3.59. The predicted octanol–water partition coefficient (Wildman–Crippen LogP) is 2.64. The van der Waals surface area contributed by atoms with E-state index in [1.54, 1.807) is 0 Å². The molecule has 0 atom stereocenters. The fourth-order valence-electron chi connectivity index (χ4n) is 2.65. The van der Waals surface area contributed by atoms with Gasteiger partial charge < -0.3 is 0 Å². The van der Waals surface area contributed by atoms with Gasteiger partial charge in [-0.3, -0.25) is 9.59 Å². The lowest BCUT2D eigenvalue weighted by Gasteiger charge is -2.23. The van der Waals surface area contributed by atoms with Crippen molar-refractivity contribution in [2.45, 2.75) is 39.4 Å². The van der Waals surface area contributed by atoms with Gasteiger partial charge in [0.2, 0.25) is 0 Å². The molecule has 3 nitrogen and oxygen atoms in total. The smallest absolute Gasteiger partial charge is 0.258 e. The lowest BCUT2D eigenvalue weighted by Crippen LogP contribution is -2.31. The van der Waals surface area contributed by atoms with E-state index in [0.717, 1.165) is 23.1 Å². The summed E-state index contributed by atoms with van der Waals surface area (Å²) < 4.78 is 0. The Balaban J connectivity index is 2.42. The Morgan fingerprint density at radius 3 is 1.90 bits per heavy atom. The lowest BCUT2D eigenvalue weighted by molar-refractivity contribution is -0.120. The maximum Gasteiger partial charge on any atom is 0.258 e. The Hall–Kier alpha value is -1.84. The van der Waals surface area contributed by atoms with Gasteiger partial charge in [-0.05, 0) is 37.0 Å². The summed E-state index contributed by atoms with van der Waals surface area (Å²) in [6.07, 6.45) is 3.35. The van der Waals surface area contributed by atoms with E-state index in [-0.39, 0.29) is 17.1 Å². The molecule has 20 heavy (non-hydrogen) atoms. The monoisotopic (exact) mass is 267 g/mol. The first-order valence-corrected chi connectivity index (χ1v) is 6.64. The van der Waals surface area contributed by atoms with Crippen molar-refractivity contribution in [2.24, 2.45) is 0 Å². The van der Waals surface area contributed by atoms with E-state index in [9.17, 15) is 9.59 Å². The molecule has 1 aliphatic heterocycles. The SMILES string of the molecule is [B]C(C)(C)Cc1cc(C)c(N2C(=O)C=CC2=O)c(C)c1. The van der Waals surface area contributed by atoms with Crippen molar-refractivity contribution in [3.63, 3.8) is 0 Å². The summed E-state index contributed by atoms with van der Waals surface area (Å²) in [4.78, 5) is 24.8. The zero-order chi connectivity index (χ0) is 15.1. The number of hydrogen-bond acceptors (Lipinski definition) is 2. The van der Waals surface area contributed by atoms with Crippen LogP contribution in [0.4, 0.5) is 5.69 Å². The molecule has 0 spiro atoms. The minimum absolute atomic E-state index is 0.284. The first-order chi connectivity index (χ1) is 9.19. The molecular weight excluding hydrogens is 249 g/mol. The number of hydrogen-bond donors (Lipinski definition) is 0. The molecule has 102 valence electrons. The van der Waals surface area contributed by atoms with E-state index in [1.165, 1.54) is 17.1 Å². The number of carbonyl (C=O) groups excluding carboxylic acids is 2. The molecule has 0 saturated carbocycles. The van der Waals surface area contributed by atoms with Gasteiger partial charge in [0, 0.05) is 12.2 Å². The Morgan fingerprint density at radius 2 is 1.50 bits per heavy atom. The van der Waals surface area contributed by atoms with E-state index >= 15 is 0 Å². The van der Waals surface area contributed by atoms with Crippen LogP contribution in [0.15, 0.2) is 24.3 Å². The molecule has 2 amide bonds. The summed E-state index contributed by atoms with van der Waals surface area (Å²) in [6, 6.07) is 3.99. The maximum atomic E-state index is 11.8. The molecule has 0 N–H and O–H groups in total. The average Bonchev–Trinajstić information content (AvgIpc) is 2.57. The number of anilines is 1. The van der Waals surface area contributed by atoms with Crippen LogP contribution in [-0.2, 0) is 16.0 Å². The quantitative estimate of drug-likeness (QED) is 0.623. The van der Waals surface area contributed by atoms with Gasteiger partial charge in [-0.2, -0.15) is 0 Å². The first kappa shape index (κ1) is 14.6. The normalized spacial score (nSPS) is 15.3. The topological polar surface area (TPSA) is 37.4 Å². The highest BCUT2D eigenvalue weighted by Gasteiger charge is 2.28. The van der Waals surface area contributed by atoms with Gasteiger partial charge in [-0.15, -0.1) is 0 Å². The minimum atomic E-state index is -0.290. The van der Waals surface area contributed by atoms with Gasteiger partial charge in [0.25, 0.3) is 11.8 Å². The highest BCUT2D eigenvalue weighted by Crippen LogP contribution is 2.32. The summed E-state index contributed by atoms with van der Waals surface area (Å²) in [5.74, 6) is -0.568. The molecule has 0 aromatic heterocycles. The minimum Gasteiger partial charge on any atom is -0.269 e. The van der Waals surface area contributed by atoms with Gasteiger partial charge in [0.05, 0.1) is 13.5 Å².